The zero-order valence-corrected chi connectivity index (χ0v) is 10.9. The average molecular weight is 294 g/mol. The van der Waals surface area contributed by atoms with Crippen molar-refractivity contribution < 1.29 is 4.79 Å². The van der Waals surface area contributed by atoms with Gasteiger partial charge in [-0.15, -0.1) is 0 Å². The average Bonchev–Trinajstić information content (AvgIpc) is 2.63. The van der Waals surface area contributed by atoms with Crippen molar-refractivity contribution in [2.75, 3.05) is 5.32 Å². The lowest BCUT2D eigenvalue weighted by molar-refractivity contribution is -0.116. The lowest BCUT2D eigenvalue weighted by Crippen LogP contribution is -2.18. The normalized spacial score (nSPS) is 10.2. The molecule has 0 radical (unpaired) electrons. The predicted octanol–water partition coefficient (Wildman–Crippen LogP) is 2.59. The molecule has 17 heavy (non-hydrogen) atoms. The molecule has 0 saturated heterocycles. The van der Waals surface area contributed by atoms with Crippen LogP contribution >= 0.6 is 15.9 Å². The minimum atomic E-state index is -0.0915. The van der Waals surface area contributed by atoms with Crippen LogP contribution in [0, 0.1) is 6.92 Å². The van der Waals surface area contributed by atoms with Crippen LogP contribution in [0.4, 0.5) is 5.69 Å². The number of carbonyl (C=O) groups is 1. The Hall–Kier alpha value is -1.62. The van der Waals surface area contributed by atoms with Gasteiger partial charge < -0.3 is 5.32 Å². The van der Waals surface area contributed by atoms with Gasteiger partial charge in [-0.25, -0.2) is 0 Å². The number of hydrogen-bond acceptors (Lipinski definition) is 2. The third-order valence-corrected chi connectivity index (χ3v) is 2.62. The Bertz CT molecular complexity index is 536. The Labute approximate surface area is 108 Å². The van der Waals surface area contributed by atoms with Crippen molar-refractivity contribution in [2.45, 2.75) is 13.5 Å². The monoisotopic (exact) mass is 293 g/mol. The van der Waals surface area contributed by atoms with Gasteiger partial charge in [-0.1, -0.05) is 12.1 Å². The molecule has 0 bridgehead atoms. The van der Waals surface area contributed by atoms with E-state index < -0.39 is 0 Å². The molecule has 2 aromatic rings. The fraction of sp³-hybridized carbons (Fsp3) is 0.167. The number of aryl methyl sites for hydroxylation is 1. The second-order valence-corrected chi connectivity index (χ2v) is 4.69. The Morgan fingerprint density at radius 2 is 2.35 bits per heavy atom. The first-order valence-electron chi connectivity index (χ1n) is 5.18. The summed E-state index contributed by atoms with van der Waals surface area (Å²) in [7, 11) is 0. The van der Waals surface area contributed by atoms with E-state index in [0.29, 0.717) is 0 Å². The summed E-state index contributed by atoms with van der Waals surface area (Å²) >= 11 is 3.28. The number of rotatable bonds is 3. The molecule has 1 aromatic carbocycles. The van der Waals surface area contributed by atoms with E-state index in [1.54, 1.807) is 17.1 Å². The summed E-state index contributed by atoms with van der Waals surface area (Å²) in [4.78, 5) is 11.7. The van der Waals surface area contributed by atoms with Gasteiger partial charge in [0, 0.05) is 11.9 Å². The second-order valence-electron chi connectivity index (χ2n) is 3.77. The van der Waals surface area contributed by atoms with Gasteiger partial charge in [0.1, 0.15) is 6.54 Å². The largest absolute Gasteiger partial charge is 0.324 e. The maximum atomic E-state index is 11.7. The SMILES string of the molecule is Cc1cccc(NC(=O)Cn2cc(Br)cn2)c1. The molecule has 0 saturated carbocycles. The van der Waals surface area contributed by atoms with Crippen molar-refractivity contribution in [2.24, 2.45) is 0 Å². The maximum Gasteiger partial charge on any atom is 0.246 e. The van der Waals surface area contributed by atoms with E-state index in [-0.39, 0.29) is 12.5 Å². The summed E-state index contributed by atoms with van der Waals surface area (Å²) in [6, 6.07) is 7.69. The molecule has 2 rings (SSSR count). The lowest BCUT2D eigenvalue weighted by atomic mass is 10.2. The molecule has 0 fully saturated rings. The molecule has 1 heterocycles. The Kier molecular flexibility index (Phi) is 3.58. The molecule has 1 amide bonds. The van der Waals surface area contributed by atoms with E-state index in [9.17, 15) is 4.79 Å². The van der Waals surface area contributed by atoms with Crippen LogP contribution in [-0.4, -0.2) is 15.7 Å². The van der Waals surface area contributed by atoms with E-state index in [2.05, 4.69) is 26.3 Å². The minimum absolute atomic E-state index is 0.0915. The fourth-order valence-corrected chi connectivity index (χ4v) is 1.82. The molecule has 0 aliphatic carbocycles. The Morgan fingerprint density at radius 3 is 3.00 bits per heavy atom. The van der Waals surface area contributed by atoms with Crippen LogP contribution in [0.5, 0.6) is 0 Å². The maximum absolute atomic E-state index is 11.7. The first kappa shape index (κ1) is 11.9. The van der Waals surface area contributed by atoms with Crippen molar-refractivity contribution in [1.29, 1.82) is 0 Å². The number of nitrogens with zero attached hydrogens (tertiary/aromatic N) is 2. The van der Waals surface area contributed by atoms with Crippen LogP contribution in [0.1, 0.15) is 5.56 Å². The molecule has 88 valence electrons. The van der Waals surface area contributed by atoms with Gasteiger partial charge in [0.15, 0.2) is 0 Å². The Morgan fingerprint density at radius 1 is 1.53 bits per heavy atom. The van der Waals surface area contributed by atoms with Crippen LogP contribution < -0.4 is 5.32 Å². The molecule has 1 aromatic heterocycles. The number of aromatic nitrogens is 2. The van der Waals surface area contributed by atoms with Crippen molar-refractivity contribution >= 4 is 27.5 Å². The summed E-state index contributed by atoms with van der Waals surface area (Å²) in [5, 5.41) is 6.85. The van der Waals surface area contributed by atoms with Gasteiger partial charge in [0.25, 0.3) is 0 Å². The van der Waals surface area contributed by atoms with Crippen molar-refractivity contribution in [3.8, 4) is 0 Å². The zero-order chi connectivity index (χ0) is 12.3. The molecule has 1 N–H and O–H groups in total. The van der Waals surface area contributed by atoms with Crippen molar-refractivity contribution in [3.63, 3.8) is 0 Å². The topological polar surface area (TPSA) is 46.9 Å². The molecule has 0 aliphatic heterocycles. The number of halogens is 1. The summed E-state index contributed by atoms with van der Waals surface area (Å²) in [5.74, 6) is -0.0915. The first-order chi connectivity index (χ1) is 8.13. The lowest BCUT2D eigenvalue weighted by Gasteiger charge is -2.05. The van der Waals surface area contributed by atoms with Crippen LogP contribution in [0.3, 0.4) is 0 Å². The number of carbonyl (C=O) groups excluding carboxylic acids is 1. The first-order valence-corrected chi connectivity index (χ1v) is 5.97. The van der Waals surface area contributed by atoms with E-state index in [1.165, 1.54) is 0 Å². The number of nitrogens with one attached hydrogen (secondary N) is 1. The van der Waals surface area contributed by atoms with E-state index in [1.807, 2.05) is 31.2 Å². The standard InChI is InChI=1S/C12H12BrN3O/c1-9-3-2-4-11(5-9)15-12(17)8-16-7-10(13)6-14-16/h2-7H,8H2,1H3,(H,15,17). The quantitative estimate of drug-likeness (QED) is 0.945. The number of hydrogen-bond donors (Lipinski definition) is 1. The molecule has 4 nitrogen and oxygen atoms in total. The summed E-state index contributed by atoms with van der Waals surface area (Å²) in [6.07, 6.45) is 3.41. The molecule has 0 aliphatic rings. The molecule has 0 unspecified atom stereocenters. The summed E-state index contributed by atoms with van der Waals surface area (Å²) in [5.41, 5.74) is 1.92. The fourth-order valence-electron chi connectivity index (χ4n) is 1.50. The number of amides is 1. The number of anilines is 1. The minimum Gasteiger partial charge on any atom is -0.324 e. The smallest absolute Gasteiger partial charge is 0.246 e. The van der Waals surface area contributed by atoms with Crippen molar-refractivity contribution in [3.05, 3.63) is 46.7 Å². The summed E-state index contributed by atoms with van der Waals surface area (Å²) in [6.45, 7) is 2.19. The Balaban J connectivity index is 1.98. The van der Waals surface area contributed by atoms with E-state index in [0.717, 1.165) is 15.7 Å². The van der Waals surface area contributed by atoms with Crippen LogP contribution in [-0.2, 0) is 11.3 Å². The molecule has 5 heteroatoms. The molecular formula is C12H12BrN3O. The van der Waals surface area contributed by atoms with E-state index in [4.69, 9.17) is 0 Å². The third-order valence-electron chi connectivity index (χ3n) is 2.21. The predicted molar refractivity (Wildman–Crippen MR) is 69.7 cm³/mol. The van der Waals surface area contributed by atoms with Gasteiger partial charge in [-0.05, 0) is 40.5 Å². The van der Waals surface area contributed by atoms with Gasteiger partial charge in [0.05, 0.1) is 10.7 Å². The highest BCUT2D eigenvalue weighted by atomic mass is 79.9. The van der Waals surface area contributed by atoms with Crippen LogP contribution in [0.15, 0.2) is 41.1 Å². The highest BCUT2D eigenvalue weighted by Gasteiger charge is 2.04. The highest BCUT2D eigenvalue weighted by Crippen LogP contribution is 2.10. The number of benzene rings is 1. The van der Waals surface area contributed by atoms with Gasteiger partial charge in [-0.2, -0.15) is 5.10 Å². The molecular weight excluding hydrogens is 282 g/mol. The van der Waals surface area contributed by atoms with Crippen molar-refractivity contribution in [1.82, 2.24) is 9.78 Å². The second kappa shape index (κ2) is 5.14. The van der Waals surface area contributed by atoms with Crippen LogP contribution in [0.2, 0.25) is 0 Å². The molecule has 0 atom stereocenters. The van der Waals surface area contributed by atoms with E-state index >= 15 is 0 Å². The van der Waals surface area contributed by atoms with Crippen LogP contribution in [0.25, 0.3) is 0 Å². The zero-order valence-electron chi connectivity index (χ0n) is 9.35. The summed E-state index contributed by atoms with van der Waals surface area (Å²) < 4.78 is 2.44. The van der Waals surface area contributed by atoms with Gasteiger partial charge in [-0.3, -0.25) is 9.48 Å². The molecule has 0 spiro atoms. The highest BCUT2D eigenvalue weighted by molar-refractivity contribution is 9.10. The van der Waals surface area contributed by atoms with Gasteiger partial charge >= 0.3 is 0 Å². The van der Waals surface area contributed by atoms with Gasteiger partial charge in [0.2, 0.25) is 5.91 Å². The third kappa shape index (κ3) is 3.42.